The lowest BCUT2D eigenvalue weighted by atomic mass is 9.76. The first kappa shape index (κ1) is 17.0. The molecule has 0 radical (unpaired) electrons. The van der Waals surface area contributed by atoms with Crippen molar-refractivity contribution >= 4 is 21.7 Å². The van der Waals surface area contributed by atoms with Crippen molar-refractivity contribution in [2.45, 2.75) is 38.0 Å². The molecule has 7 nitrogen and oxygen atoms in total. The number of carbonyl (C=O) groups excluding carboxylic acids is 2. The summed E-state index contributed by atoms with van der Waals surface area (Å²) in [6, 6.07) is 0. The monoisotopic (exact) mass is 368 g/mol. The van der Waals surface area contributed by atoms with E-state index in [0.29, 0.717) is 6.54 Å². The number of carbonyl (C=O) groups is 2. The number of sulfone groups is 1. The molecule has 0 aromatic rings. The predicted octanol–water partition coefficient (Wildman–Crippen LogP) is -0.176. The van der Waals surface area contributed by atoms with Crippen LogP contribution in [0.5, 0.6) is 0 Å². The van der Waals surface area contributed by atoms with Crippen molar-refractivity contribution in [2.75, 3.05) is 31.1 Å². The normalized spacial score (nSPS) is 39.2. The second kappa shape index (κ2) is 5.07. The van der Waals surface area contributed by atoms with Crippen molar-refractivity contribution in [3.05, 3.63) is 12.2 Å². The molecule has 0 N–H and O–H groups in total. The molecular formula is C17H24N2O5S. The van der Waals surface area contributed by atoms with Crippen molar-refractivity contribution in [1.82, 2.24) is 9.80 Å². The summed E-state index contributed by atoms with van der Waals surface area (Å²) < 4.78 is 29.3. The molecule has 0 aromatic carbocycles. The molecule has 0 saturated carbocycles. The molecule has 0 aromatic heterocycles. The van der Waals surface area contributed by atoms with Crippen molar-refractivity contribution < 1.29 is 22.7 Å². The Labute approximate surface area is 147 Å². The minimum absolute atomic E-state index is 0.00923. The third kappa shape index (κ3) is 2.44. The molecule has 4 aliphatic rings. The van der Waals surface area contributed by atoms with Gasteiger partial charge in [-0.15, -0.1) is 0 Å². The Morgan fingerprint density at radius 2 is 1.92 bits per heavy atom. The second-order valence-corrected chi connectivity index (χ2v) is 10.8. The number of hydrogen-bond donors (Lipinski definition) is 0. The molecule has 3 saturated heterocycles. The van der Waals surface area contributed by atoms with E-state index in [9.17, 15) is 18.0 Å². The first-order valence-electron chi connectivity index (χ1n) is 8.72. The Morgan fingerprint density at radius 1 is 1.28 bits per heavy atom. The van der Waals surface area contributed by atoms with E-state index in [4.69, 9.17) is 4.74 Å². The quantitative estimate of drug-likeness (QED) is 0.600. The van der Waals surface area contributed by atoms with Gasteiger partial charge in [0.1, 0.15) is 5.60 Å². The van der Waals surface area contributed by atoms with E-state index in [-0.39, 0.29) is 48.1 Å². The molecule has 1 spiro atoms. The van der Waals surface area contributed by atoms with Gasteiger partial charge in [0.15, 0.2) is 9.84 Å². The van der Waals surface area contributed by atoms with Crippen molar-refractivity contribution in [3.63, 3.8) is 0 Å². The molecule has 4 rings (SSSR count). The highest BCUT2D eigenvalue weighted by atomic mass is 32.2. The average Bonchev–Trinajstić information content (AvgIpc) is 3.14. The Balaban J connectivity index is 1.61. The highest BCUT2D eigenvalue weighted by molar-refractivity contribution is 7.91. The first-order chi connectivity index (χ1) is 11.5. The summed E-state index contributed by atoms with van der Waals surface area (Å²) in [6.45, 7) is 6.79. The molecule has 4 atom stereocenters. The molecule has 2 unspecified atom stereocenters. The van der Waals surface area contributed by atoms with E-state index in [2.05, 4.69) is 0 Å². The van der Waals surface area contributed by atoms with Crippen LogP contribution in [0.1, 0.15) is 20.8 Å². The smallest absolute Gasteiger partial charge is 0.230 e. The van der Waals surface area contributed by atoms with E-state index < -0.39 is 27.3 Å². The standard InChI is InChI=1S/C17H24N2O5S/c1-16(2,3)19-10-17-5-4-11(24-17)12(13(17)15(19)21)14(20)18-6-8-25(22,23)9-7-18/h4-5,11-13H,6-10H2,1-3H3/t11-,12?,13?,17-/m0/s1. The van der Waals surface area contributed by atoms with Gasteiger partial charge in [-0.2, -0.15) is 0 Å². The Bertz CT molecular complexity index is 754. The molecule has 25 heavy (non-hydrogen) atoms. The molecule has 0 aliphatic carbocycles. The summed E-state index contributed by atoms with van der Waals surface area (Å²) in [5.41, 5.74) is -1.05. The van der Waals surface area contributed by atoms with Crippen LogP contribution in [0.3, 0.4) is 0 Å². The van der Waals surface area contributed by atoms with Crippen LogP contribution in [0.25, 0.3) is 0 Å². The summed E-state index contributed by atoms with van der Waals surface area (Å²) in [7, 11) is -3.06. The van der Waals surface area contributed by atoms with Gasteiger partial charge >= 0.3 is 0 Å². The van der Waals surface area contributed by atoms with Crippen LogP contribution in [0.15, 0.2) is 12.2 Å². The first-order valence-corrected chi connectivity index (χ1v) is 10.5. The molecule has 2 bridgehead atoms. The van der Waals surface area contributed by atoms with Crippen molar-refractivity contribution in [1.29, 1.82) is 0 Å². The zero-order valence-electron chi connectivity index (χ0n) is 14.8. The van der Waals surface area contributed by atoms with Gasteiger partial charge in [0.25, 0.3) is 0 Å². The van der Waals surface area contributed by atoms with Crippen LogP contribution in [0.2, 0.25) is 0 Å². The molecule has 3 fully saturated rings. The fourth-order valence-corrected chi connectivity index (χ4v) is 5.69. The fourth-order valence-electron chi connectivity index (χ4n) is 4.49. The van der Waals surface area contributed by atoms with Crippen LogP contribution in [-0.2, 0) is 24.2 Å². The number of likely N-dealkylation sites (tertiary alicyclic amines) is 1. The lowest BCUT2D eigenvalue weighted by Crippen LogP contribution is -2.51. The van der Waals surface area contributed by atoms with Crippen molar-refractivity contribution in [3.8, 4) is 0 Å². The largest absolute Gasteiger partial charge is 0.360 e. The van der Waals surface area contributed by atoms with Gasteiger partial charge in [-0.25, -0.2) is 8.42 Å². The van der Waals surface area contributed by atoms with E-state index in [1.807, 2.05) is 32.9 Å². The Morgan fingerprint density at radius 3 is 2.52 bits per heavy atom. The zero-order chi connectivity index (χ0) is 18.2. The van der Waals surface area contributed by atoms with Crippen LogP contribution < -0.4 is 0 Å². The van der Waals surface area contributed by atoms with Gasteiger partial charge in [0, 0.05) is 18.6 Å². The lowest BCUT2D eigenvalue weighted by Gasteiger charge is -2.34. The predicted molar refractivity (Wildman–Crippen MR) is 90.4 cm³/mol. The Hall–Kier alpha value is -1.41. The number of rotatable bonds is 1. The number of nitrogens with zero attached hydrogens (tertiary/aromatic N) is 2. The highest BCUT2D eigenvalue weighted by Crippen LogP contribution is 2.53. The third-order valence-corrected chi connectivity index (χ3v) is 7.46. The SMILES string of the molecule is CC(C)(C)N1C[C@]23C=C[C@H](O2)C(C(=O)N2CCS(=O)(=O)CC2)C3C1=O. The highest BCUT2D eigenvalue weighted by Gasteiger charge is 2.68. The molecule has 4 aliphatic heterocycles. The minimum atomic E-state index is -3.06. The lowest BCUT2D eigenvalue weighted by molar-refractivity contribution is -0.144. The molecular weight excluding hydrogens is 344 g/mol. The van der Waals surface area contributed by atoms with Gasteiger partial charge in [-0.3, -0.25) is 9.59 Å². The fraction of sp³-hybridized carbons (Fsp3) is 0.765. The van der Waals surface area contributed by atoms with E-state index in [1.54, 1.807) is 9.80 Å². The number of fused-ring (bicyclic) bond motifs is 1. The average molecular weight is 368 g/mol. The van der Waals surface area contributed by atoms with Gasteiger partial charge in [-0.1, -0.05) is 12.2 Å². The zero-order valence-corrected chi connectivity index (χ0v) is 15.6. The molecule has 8 heteroatoms. The van der Waals surface area contributed by atoms with E-state index >= 15 is 0 Å². The van der Waals surface area contributed by atoms with Crippen LogP contribution in [0.4, 0.5) is 0 Å². The maximum absolute atomic E-state index is 13.1. The minimum Gasteiger partial charge on any atom is -0.360 e. The van der Waals surface area contributed by atoms with Crippen LogP contribution in [-0.4, -0.2) is 78.4 Å². The number of ether oxygens (including phenoxy) is 1. The maximum atomic E-state index is 13.1. The van der Waals surface area contributed by atoms with E-state index in [1.165, 1.54) is 0 Å². The Kier molecular flexibility index (Phi) is 3.45. The second-order valence-electron chi connectivity index (χ2n) is 8.47. The molecule has 2 amide bonds. The van der Waals surface area contributed by atoms with Crippen LogP contribution >= 0.6 is 0 Å². The number of hydrogen-bond acceptors (Lipinski definition) is 5. The maximum Gasteiger partial charge on any atom is 0.230 e. The van der Waals surface area contributed by atoms with Crippen molar-refractivity contribution in [2.24, 2.45) is 11.8 Å². The summed E-state index contributed by atoms with van der Waals surface area (Å²) in [6.07, 6.45) is 3.44. The molecule has 4 heterocycles. The summed E-state index contributed by atoms with van der Waals surface area (Å²) >= 11 is 0. The van der Waals surface area contributed by atoms with Gasteiger partial charge in [-0.05, 0) is 20.8 Å². The summed E-state index contributed by atoms with van der Waals surface area (Å²) in [5, 5.41) is 0. The van der Waals surface area contributed by atoms with E-state index in [0.717, 1.165) is 0 Å². The summed E-state index contributed by atoms with van der Waals surface area (Å²) in [4.78, 5) is 29.5. The number of amides is 2. The van der Waals surface area contributed by atoms with Gasteiger partial charge in [0.2, 0.25) is 11.8 Å². The van der Waals surface area contributed by atoms with Crippen LogP contribution in [0, 0.1) is 11.8 Å². The van der Waals surface area contributed by atoms with Gasteiger partial charge in [0.05, 0.1) is 36.0 Å². The topological polar surface area (TPSA) is 84.0 Å². The third-order valence-electron chi connectivity index (χ3n) is 5.85. The summed E-state index contributed by atoms with van der Waals surface area (Å²) in [5.74, 6) is -1.27. The van der Waals surface area contributed by atoms with Gasteiger partial charge < -0.3 is 14.5 Å². The molecule has 138 valence electrons.